The summed E-state index contributed by atoms with van der Waals surface area (Å²) in [6, 6.07) is 0.426. The lowest BCUT2D eigenvalue weighted by atomic mass is 9.80. The van der Waals surface area contributed by atoms with Gasteiger partial charge in [0.25, 0.3) is 0 Å². The minimum Gasteiger partial charge on any atom is -0.381 e. The average molecular weight is 257 g/mol. The van der Waals surface area contributed by atoms with Crippen molar-refractivity contribution in [2.75, 3.05) is 26.4 Å². The van der Waals surface area contributed by atoms with E-state index < -0.39 is 0 Å². The third-order valence-electron chi connectivity index (χ3n) is 4.25. The Morgan fingerprint density at radius 1 is 1.28 bits per heavy atom. The van der Waals surface area contributed by atoms with Gasteiger partial charge in [0.15, 0.2) is 0 Å². The van der Waals surface area contributed by atoms with E-state index in [2.05, 4.69) is 33.0 Å². The first kappa shape index (κ1) is 15.9. The predicted molar refractivity (Wildman–Crippen MR) is 75.9 cm³/mol. The minimum absolute atomic E-state index is 0.0255. The van der Waals surface area contributed by atoms with Crippen LogP contribution in [0.25, 0.3) is 0 Å². The molecule has 0 aromatic heterocycles. The van der Waals surface area contributed by atoms with Crippen LogP contribution in [0.3, 0.4) is 0 Å². The van der Waals surface area contributed by atoms with Crippen LogP contribution in [0.2, 0.25) is 0 Å². The fourth-order valence-electron chi connectivity index (χ4n) is 3.17. The van der Waals surface area contributed by atoms with Gasteiger partial charge in [-0.15, -0.1) is 0 Å². The Hall–Kier alpha value is -0.120. The molecule has 1 N–H and O–H groups in total. The molecule has 18 heavy (non-hydrogen) atoms. The minimum atomic E-state index is -0.0255. The Labute approximate surface area is 113 Å². The van der Waals surface area contributed by atoms with Gasteiger partial charge >= 0.3 is 0 Å². The number of hydrogen-bond donors (Lipinski definition) is 1. The standard InChI is InChI=1S/C15H31NO2/c1-5-10-16-14(13-9-11-17-12-13)15(6-2,7-3)18-8-4/h13-14,16H,5-12H2,1-4H3. The van der Waals surface area contributed by atoms with Gasteiger partial charge in [0, 0.05) is 25.2 Å². The molecule has 0 radical (unpaired) electrons. The van der Waals surface area contributed by atoms with Crippen LogP contribution in [0.1, 0.15) is 53.4 Å². The van der Waals surface area contributed by atoms with E-state index in [4.69, 9.17) is 9.47 Å². The summed E-state index contributed by atoms with van der Waals surface area (Å²) < 4.78 is 11.8. The maximum atomic E-state index is 6.18. The lowest BCUT2D eigenvalue weighted by molar-refractivity contribution is -0.0857. The first-order valence-electron chi connectivity index (χ1n) is 7.69. The number of nitrogens with one attached hydrogen (secondary N) is 1. The number of ether oxygens (including phenoxy) is 2. The summed E-state index contributed by atoms with van der Waals surface area (Å²) in [5.41, 5.74) is -0.0255. The number of rotatable bonds is 9. The Bertz CT molecular complexity index is 211. The molecule has 0 spiro atoms. The van der Waals surface area contributed by atoms with Crippen LogP contribution in [0.5, 0.6) is 0 Å². The molecule has 108 valence electrons. The molecule has 2 unspecified atom stereocenters. The second-order valence-corrected chi connectivity index (χ2v) is 5.26. The van der Waals surface area contributed by atoms with E-state index >= 15 is 0 Å². The first-order valence-corrected chi connectivity index (χ1v) is 7.69. The SMILES string of the molecule is CCCNC(C1CCOC1)C(CC)(CC)OCC. The summed E-state index contributed by atoms with van der Waals surface area (Å²) in [5, 5.41) is 3.73. The van der Waals surface area contributed by atoms with Crippen molar-refractivity contribution >= 4 is 0 Å². The van der Waals surface area contributed by atoms with Crippen LogP contribution in [0.15, 0.2) is 0 Å². The fourth-order valence-corrected chi connectivity index (χ4v) is 3.17. The molecule has 1 rings (SSSR count). The summed E-state index contributed by atoms with van der Waals surface area (Å²) in [7, 11) is 0. The Kier molecular flexibility index (Phi) is 7.20. The maximum Gasteiger partial charge on any atom is 0.0832 e. The van der Waals surface area contributed by atoms with Crippen LogP contribution in [-0.4, -0.2) is 38.0 Å². The van der Waals surface area contributed by atoms with Crippen molar-refractivity contribution in [3.8, 4) is 0 Å². The van der Waals surface area contributed by atoms with E-state index in [0.29, 0.717) is 12.0 Å². The van der Waals surface area contributed by atoms with Crippen molar-refractivity contribution in [1.82, 2.24) is 5.32 Å². The monoisotopic (exact) mass is 257 g/mol. The topological polar surface area (TPSA) is 30.5 Å². The molecule has 0 amide bonds. The van der Waals surface area contributed by atoms with Gasteiger partial charge in [0.2, 0.25) is 0 Å². The van der Waals surface area contributed by atoms with Gasteiger partial charge in [-0.05, 0) is 39.2 Å². The van der Waals surface area contributed by atoms with Crippen molar-refractivity contribution in [3.63, 3.8) is 0 Å². The molecule has 0 aromatic carbocycles. The van der Waals surface area contributed by atoms with Gasteiger partial charge < -0.3 is 14.8 Å². The lowest BCUT2D eigenvalue weighted by Crippen LogP contribution is -2.56. The molecule has 1 heterocycles. The average Bonchev–Trinajstić information content (AvgIpc) is 2.91. The maximum absolute atomic E-state index is 6.18. The first-order chi connectivity index (χ1) is 8.74. The molecule has 3 nitrogen and oxygen atoms in total. The van der Waals surface area contributed by atoms with E-state index in [0.717, 1.165) is 45.6 Å². The number of hydrogen-bond acceptors (Lipinski definition) is 3. The molecule has 0 aromatic rings. The predicted octanol–water partition coefficient (Wildman–Crippen LogP) is 2.99. The van der Waals surface area contributed by atoms with Crippen LogP contribution in [0.4, 0.5) is 0 Å². The highest BCUT2D eigenvalue weighted by Crippen LogP contribution is 2.33. The smallest absolute Gasteiger partial charge is 0.0832 e. The molecule has 0 aliphatic carbocycles. The molecular formula is C15H31NO2. The van der Waals surface area contributed by atoms with Crippen LogP contribution in [0, 0.1) is 5.92 Å². The Balaban J connectivity index is 2.81. The second kappa shape index (κ2) is 8.13. The van der Waals surface area contributed by atoms with Crippen LogP contribution in [-0.2, 0) is 9.47 Å². The van der Waals surface area contributed by atoms with Gasteiger partial charge in [0.05, 0.1) is 12.2 Å². The second-order valence-electron chi connectivity index (χ2n) is 5.26. The van der Waals surface area contributed by atoms with Crippen LogP contribution < -0.4 is 5.32 Å². The third kappa shape index (κ3) is 3.69. The highest BCUT2D eigenvalue weighted by atomic mass is 16.5. The van der Waals surface area contributed by atoms with Crippen molar-refractivity contribution in [2.24, 2.45) is 5.92 Å². The molecule has 1 fully saturated rings. The molecule has 1 aliphatic heterocycles. The summed E-state index contributed by atoms with van der Waals surface area (Å²) in [6.45, 7) is 12.5. The Morgan fingerprint density at radius 3 is 2.44 bits per heavy atom. The summed E-state index contributed by atoms with van der Waals surface area (Å²) in [4.78, 5) is 0. The van der Waals surface area contributed by atoms with Gasteiger partial charge in [-0.1, -0.05) is 20.8 Å². The Morgan fingerprint density at radius 2 is 2.00 bits per heavy atom. The van der Waals surface area contributed by atoms with Crippen molar-refractivity contribution in [2.45, 2.75) is 65.0 Å². The zero-order chi connectivity index (χ0) is 13.4. The molecular weight excluding hydrogens is 226 g/mol. The quantitative estimate of drug-likeness (QED) is 0.689. The van der Waals surface area contributed by atoms with Gasteiger partial charge in [-0.3, -0.25) is 0 Å². The summed E-state index contributed by atoms with van der Waals surface area (Å²) in [6.07, 6.45) is 4.46. The van der Waals surface area contributed by atoms with Crippen LogP contribution >= 0.6 is 0 Å². The van der Waals surface area contributed by atoms with E-state index in [9.17, 15) is 0 Å². The molecule has 2 atom stereocenters. The van der Waals surface area contributed by atoms with E-state index in [1.165, 1.54) is 6.42 Å². The highest BCUT2D eigenvalue weighted by Gasteiger charge is 2.42. The fraction of sp³-hybridized carbons (Fsp3) is 1.00. The van der Waals surface area contributed by atoms with E-state index in [-0.39, 0.29) is 5.60 Å². The normalized spacial score (nSPS) is 22.3. The lowest BCUT2D eigenvalue weighted by Gasteiger charge is -2.42. The van der Waals surface area contributed by atoms with E-state index in [1.807, 2.05) is 0 Å². The largest absolute Gasteiger partial charge is 0.381 e. The molecule has 1 aliphatic rings. The summed E-state index contributed by atoms with van der Waals surface area (Å²) in [5.74, 6) is 0.600. The van der Waals surface area contributed by atoms with Gasteiger partial charge in [-0.25, -0.2) is 0 Å². The van der Waals surface area contributed by atoms with Gasteiger partial charge in [0.1, 0.15) is 0 Å². The zero-order valence-electron chi connectivity index (χ0n) is 12.6. The molecule has 0 bridgehead atoms. The third-order valence-corrected chi connectivity index (χ3v) is 4.25. The highest BCUT2D eigenvalue weighted by molar-refractivity contribution is 4.96. The molecule has 3 heteroatoms. The van der Waals surface area contributed by atoms with Gasteiger partial charge in [-0.2, -0.15) is 0 Å². The molecule has 1 saturated heterocycles. The van der Waals surface area contributed by atoms with E-state index in [1.54, 1.807) is 0 Å². The van der Waals surface area contributed by atoms with Crippen molar-refractivity contribution < 1.29 is 9.47 Å². The van der Waals surface area contributed by atoms with Crippen molar-refractivity contribution in [3.05, 3.63) is 0 Å². The summed E-state index contributed by atoms with van der Waals surface area (Å²) >= 11 is 0. The van der Waals surface area contributed by atoms with Crippen molar-refractivity contribution in [1.29, 1.82) is 0 Å². The molecule has 0 saturated carbocycles. The zero-order valence-corrected chi connectivity index (χ0v) is 12.6.